The molecule has 47 heavy (non-hydrogen) atoms. The van der Waals surface area contributed by atoms with E-state index in [1.807, 2.05) is 19.2 Å². The van der Waals surface area contributed by atoms with Crippen LogP contribution < -0.4 is 0 Å². The Bertz CT molecular complexity index is 700. The average molecular weight is 658 g/mol. The van der Waals surface area contributed by atoms with Crippen LogP contribution in [0.1, 0.15) is 181 Å². The van der Waals surface area contributed by atoms with Crippen molar-refractivity contribution in [1.82, 2.24) is 5.06 Å². The van der Waals surface area contributed by atoms with Crippen LogP contribution in [0.15, 0.2) is 48.6 Å². The first kappa shape index (κ1) is 43.8. The number of hydrogen-bond acceptors (Lipinski definition) is 4. The van der Waals surface area contributed by atoms with Crippen molar-refractivity contribution in [1.29, 1.82) is 0 Å². The molecular weight excluding hydrogens is 578 g/mol. The molecule has 3 atom stereocenters. The van der Waals surface area contributed by atoms with Gasteiger partial charge in [0.1, 0.15) is 0 Å². The summed E-state index contributed by atoms with van der Waals surface area (Å²) in [5, 5.41) is 1.83. The molecule has 2 unspecified atom stereocenters. The van der Waals surface area contributed by atoms with Crippen LogP contribution in [-0.4, -0.2) is 50.7 Å². The number of nitrogens with zero attached hydrogens (tertiary/aromatic N) is 1. The molecule has 1 rings (SSSR count). The van der Waals surface area contributed by atoms with Crippen molar-refractivity contribution in [3.05, 3.63) is 48.6 Å². The molecule has 0 spiro atoms. The molecule has 0 amide bonds. The van der Waals surface area contributed by atoms with Gasteiger partial charge in [-0.25, -0.2) is 0 Å². The minimum absolute atomic E-state index is 0.169. The lowest BCUT2D eigenvalue weighted by Gasteiger charge is -2.20. The van der Waals surface area contributed by atoms with E-state index >= 15 is 0 Å². The molecule has 0 aromatic carbocycles. The second kappa shape index (κ2) is 34.7. The zero-order chi connectivity index (χ0) is 33.9. The molecule has 0 aliphatic heterocycles. The smallest absolute Gasteiger partial charge is 0.0863 e. The van der Waals surface area contributed by atoms with E-state index in [0.29, 0.717) is 0 Å². The van der Waals surface area contributed by atoms with Gasteiger partial charge in [0.05, 0.1) is 18.3 Å². The first-order valence-electron chi connectivity index (χ1n) is 20.3. The lowest BCUT2D eigenvalue weighted by atomic mass is 10.1. The summed E-state index contributed by atoms with van der Waals surface area (Å²) in [6.07, 6.45) is 51.7. The van der Waals surface area contributed by atoms with Gasteiger partial charge in [-0.05, 0) is 77.0 Å². The molecule has 274 valence electrons. The Morgan fingerprint density at radius 3 is 1.15 bits per heavy atom. The fraction of sp³-hybridized carbons (Fsp3) is 0.814. The van der Waals surface area contributed by atoms with Crippen LogP contribution >= 0.6 is 0 Å². The number of hydroxylamine groups is 2. The van der Waals surface area contributed by atoms with Crippen LogP contribution in [0.5, 0.6) is 0 Å². The standard InChI is InChI=1S/C43H79NO3/c1-5-7-9-11-13-15-17-19-21-23-25-27-29-31-33-35-37-45-42-39-41(47-44(3)4)40-43(42)46-38-36-34-32-30-28-26-24-22-20-18-16-14-12-10-8-6-2/h13-16,19-22,41-43H,5-12,17-18,23-40H2,1-4H3/b15-13-,16-14-,21-19-,22-20-/t41?,42-,43?/m0/s1. The van der Waals surface area contributed by atoms with Crippen LogP contribution in [0, 0.1) is 0 Å². The predicted molar refractivity (Wildman–Crippen MR) is 206 cm³/mol. The monoisotopic (exact) mass is 658 g/mol. The van der Waals surface area contributed by atoms with Gasteiger partial charge in [-0.1, -0.05) is 140 Å². The van der Waals surface area contributed by atoms with Gasteiger partial charge >= 0.3 is 0 Å². The molecule has 0 heterocycles. The zero-order valence-electron chi connectivity index (χ0n) is 31.8. The number of ether oxygens (including phenoxy) is 2. The maximum Gasteiger partial charge on any atom is 0.0863 e. The Labute approximate surface area is 293 Å². The highest BCUT2D eigenvalue weighted by atomic mass is 16.7. The molecule has 1 saturated carbocycles. The SMILES string of the molecule is CCCCC/C=C\C/C=C\CCCCCCCCOC1CC(ON(C)C)C[C@@H]1OCCCCCCCC/C=C\C/C=C\CCCCC. The first-order valence-corrected chi connectivity index (χ1v) is 20.3. The summed E-state index contributed by atoms with van der Waals surface area (Å²) in [4.78, 5) is 6.00. The summed E-state index contributed by atoms with van der Waals surface area (Å²) in [7, 11) is 3.94. The summed E-state index contributed by atoms with van der Waals surface area (Å²) in [5.41, 5.74) is 0. The number of allylic oxidation sites excluding steroid dienone is 8. The van der Waals surface area contributed by atoms with Gasteiger partial charge in [0.15, 0.2) is 0 Å². The summed E-state index contributed by atoms with van der Waals surface area (Å²) < 4.78 is 12.8. The van der Waals surface area contributed by atoms with Crippen LogP contribution in [0.2, 0.25) is 0 Å². The zero-order valence-corrected chi connectivity index (χ0v) is 31.8. The van der Waals surface area contributed by atoms with Crippen molar-refractivity contribution in [3.8, 4) is 0 Å². The molecule has 4 heteroatoms. The molecular formula is C43H79NO3. The van der Waals surface area contributed by atoms with E-state index in [4.69, 9.17) is 14.3 Å². The van der Waals surface area contributed by atoms with Crippen molar-refractivity contribution in [2.75, 3.05) is 27.3 Å². The van der Waals surface area contributed by atoms with Gasteiger partial charge in [-0.2, -0.15) is 5.06 Å². The van der Waals surface area contributed by atoms with Crippen molar-refractivity contribution >= 4 is 0 Å². The lowest BCUT2D eigenvalue weighted by Crippen LogP contribution is -2.27. The molecule has 0 radical (unpaired) electrons. The van der Waals surface area contributed by atoms with E-state index in [1.54, 1.807) is 0 Å². The Kier molecular flexibility index (Phi) is 32.3. The van der Waals surface area contributed by atoms with Gasteiger partial charge in [0.2, 0.25) is 0 Å². The highest BCUT2D eigenvalue weighted by Crippen LogP contribution is 2.29. The van der Waals surface area contributed by atoms with E-state index < -0.39 is 0 Å². The maximum absolute atomic E-state index is 6.38. The predicted octanol–water partition coefficient (Wildman–Crippen LogP) is 13.0. The van der Waals surface area contributed by atoms with Crippen molar-refractivity contribution in [2.24, 2.45) is 0 Å². The first-order chi connectivity index (χ1) is 23.2. The third kappa shape index (κ3) is 29.4. The Morgan fingerprint density at radius 1 is 0.447 bits per heavy atom. The van der Waals surface area contributed by atoms with Crippen LogP contribution in [0.4, 0.5) is 0 Å². The van der Waals surface area contributed by atoms with Crippen molar-refractivity contribution in [3.63, 3.8) is 0 Å². The summed E-state index contributed by atoms with van der Waals surface area (Å²) in [6.45, 7) is 6.22. The van der Waals surface area contributed by atoms with Crippen LogP contribution in [-0.2, 0) is 14.3 Å². The molecule has 1 aliphatic rings. The molecule has 4 nitrogen and oxygen atoms in total. The maximum atomic E-state index is 6.38. The van der Waals surface area contributed by atoms with Crippen molar-refractivity contribution < 1.29 is 14.3 Å². The Balaban J connectivity index is 2.04. The highest BCUT2D eigenvalue weighted by molar-refractivity contribution is 4.93. The summed E-state index contributed by atoms with van der Waals surface area (Å²) >= 11 is 0. The van der Waals surface area contributed by atoms with E-state index in [9.17, 15) is 0 Å². The molecule has 0 aromatic heterocycles. The summed E-state index contributed by atoms with van der Waals surface area (Å²) in [6, 6.07) is 0. The summed E-state index contributed by atoms with van der Waals surface area (Å²) in [5.74, 6) is 0. The highest BCUT2D eigenvalue weighted by Gasteiger charge is 2.37. The van der Waals surface area contributed by atoms with Gasteiger partial charge in [-0.3, -0.25) is 4.84 Å². The minimum Gasteiger partial charge on any atom is -0.375 e. The fourth-order valence-corrected chi connectivity index (χ4v) is 6.30. The number of unbranched alkanes of at least 4 members (excludes halogenated alkanes) is 18. The molecule has 0 N–H and O–H groups in total. The number of rotatable bonds is 34. The third-order valence-corrected chi connectivity index (χ3v) is 9.12. The minimum atomic E-state index is 0.169. The van der Waals surface area contributed by atoms with Crippen LogP contribution in [0.3, 0.4) is 0 Å². The Hall–Kier alpha value is -1.20. The largest absolute Gasteiger partial charge is 0.375 e. The van der Waals surface area contributed by atoms with E-state index in [1.165, 1.54) is 128 Å². The van der Waals surface area contributed by atoms with Crippen molar-refractivity contribution in [2.45, 2.75) is 199 Å². The van der Waals surface area contributed by atoms with Gasteiger partial charge in [0.25, 0.3) is 0 Å². The molecule has 0 saturated heterocycles. The quantitative estimate of drug-likeness (QED) is 0.0391. The van der Waals surface area contributed by atoms with E-state index in [0.717, 1.165) is 51.7 Å². The fourth-order valence-electron chi connectivity index (χ4n) is 6.30. The number of hydrogen-bond donors (Lipinski definition) is 0. The third-order valence-electron chi connectivity index (χ3n) is 9.12. The average Bonchev–Trinajstić information content (AvgIpc) is 3.44. The van der Waals surface area contributed by atoms with Gasteiger partial charge < -0.3 is 9.47 Å². The van der Waals surface area contributed by atoms with Crippen LogP contribution in [0.25, 0.3) is 0 Å². The molecule has 1 fully saturated rings. The van der Waals surface area contributed by atoms with Gasteiger partial charge in [0, 0.05) is 40.2 Å². The van der Waals surface area contributed by atoms with E-state index in [-0.39, 0.29) is 18.3 Å². The Morgan fingerprint density at radius 2 is 0.787 bits per heavy atom. The molecule has 0 aromatic rings. The molecule has 0 bridgehead atoms. The normalized spacial score (nSPS) is 18.9. The van der Waals surface area contributed by atoms with Gasteiger partial charge in [-0.15, -0.1) is 0 Å². The molecule has 1 aliphatic carbocycles. The second-order valence-corrected chi connectivity index (χ2v) is 14.0. The lowest BCUT2D eigenvalue weighted by molar-refractivity contribution is -0.165. The topological polar surface area (TPSA) is 30.9 Å². The second-order valence-electron chi connectivity index (χ2n) is 14.0. The van der Waals surface area contributed by atoms with E-state index in [2.05, 4.69) is 62.5 Å².